The second-order valence-electron chi connectivity index (χ2n) is 8.39. The Morgan fingerprint density at radius 3 is 2.27 bits per heavy atom. The fourth-order valence-electron chi connectivity index (χ4n) is 4.41. The van der Waals surface area contributed by atoms with E-state index in [1.165, 1.54) is 12.0 Å². The molecule has 0 N–H and O–H groups in total. The molecule has 4 rings (SSSR count). The van der Waals surface area contributed by atoms with Crippen molar-refractivity contribution in [3.05, 3.63) is 52.9 Å². The summed E-state index contributed by atoms with van der Waals surface area (Å²) in [6.45, 7) is 1.44. The van der Waals surface area contributed by atoms with Crippen LogP contribution in [0.4, 0.5) is 26.3 Å². The molecule has 33 heavy (non-hydrogen) atoms. The normalized spacial score (nSPS) is 22.5. The van der Waals surface area contributed by atoms with Crippen molar-refractivity contribution in [2.45, 2.75) is 44.6 Å². The van der Waals surface area contributed by atoms with Crippen LogP contribution in [0.2, 0.25) is 0 Å². The third-order valence-electron chi connectivity index (χ3n) is 6.05. The van der Waals surface area contributed by atoms with Crippen molar-refractivity contribution < 1.29 is 35.8 Å². The van der Waals surface area contributed by atoms with E-state index in [4.69, 9.17) is 9.47 Å². The number of alkyl halides is 3. The van der Waals surface area contributed by atoms with E-state index in [2.05, 4.69) is 0 Å². The van der Waals surface area contributed by atoms with Crippen LogP contribution >= 0.6 is 0 Å². The third kappa shape index (κ3) is 5.71. The van der Waals surface area contributed by atoms with Crippen LogP contribution in [-0.2, 0) is 9.47 Å². The maximum absolute atomic E-state index is 14.6. The molecule has 1 heterocycles. The molecular formula is C25H22F6O2. The van der Waals surface area contributed by atoms with Crippen LogP contribution in [0.5, 0.6) is 0 Å². The van der Waals surface area contributed by atoms with Gasteiger partial charge in [0, 0.05) is 11.8 Å². The Bertz CT molecular complexity index is 1100. The van der Waals surface area contributed by atoms with Crippen LogP contribution in [0.25, 0.3) is 16.8 Å². The maximum Gasteiger partial charge on any atom is 0.458 e. The Morgan fingerprint density at radius 1 is 0.909 bits per heavy atom. The van der Waals surface area contributed by atoms with Gasteiger partial charge in [0.1, 0.15) is 11.6 Å². The largest absolute Gasteiger partial charge is 0.458 e. The lowest BCUT2D eigenvalue weighted by Crippen LogP contribution is -2.34. The molecule has 176 valence electrons. The minimum absolute atomic E-state index is 0.0856. The Labute approximate surface area is 187 Å². The molecular weight excluding hydrogens is 446 g/mol. The number of ether oxygens (including phenoxy) is 2. The van der Waals surface area contributed by atoms with Crippen molar-refractivity contribution in [2.24, 2.45) is 11.8 Å². The zero-order valence-electron chi connectivity index (χ0n) is 17.7. The summed E-state index contributed by atoms with van der Waals surface area (Å²) in [6.07, 6.45) is 3.24. The Morgan fingerprint density at radius 2 is 1.61 bits per heavy atom. The molecule has 0 unspecified atom stereocenters. The summed E-state index contributed by atoms with van der Waals surface area (Å²) in [4.78, 5) is 0. The number of fused-ring (bicyclic) bond motifs is 1. The molecule has 2 aromatic carbocycles. The minimum Gasteiger partial charge on any atom is -0.352 e. The summed E-state index contributed by atoms with van der Waals surface area (Å²) >= 11 is 0. The second-order valence-corrected chi connectivity index (χ2v) is 8.39. The molecule has 2 aliphatic rings. The number of rotatable bonds is 3. The molecule has 1 aliphatic heterocycles. The van der Waals surface area contributed by atoms with Gasteiger partial charge in [0.2, 0.25) is 0 Å². The maximum atomic E-state index is 14.6. The van der Waals surface area contributed by atoms with Gasteiger partial charge in [0.15, 0.2) is 12.1 Å². The topological polar surface area (TPSA) is 18.5 Å². The van der Waals surface area contributed by atoms with Crippen LogP contribution in [-0.4, -0.2) is 25.7 Å². The summed E-state index contributed by atoms with van der Waals surface area (Å²) in [5.41, 5.74) is -0.696. The van der Waals surface area contributed by atoms with Crippen molar-refractivity contribution in [1.82, 2.24) is 0 Å². The number of allylic oxidation sites excluding steroid dienone is 1. The lowest BCUT2D eigenvalue weighted by Gasteiger charge is -2.34. The molecule has 8 heteroatoms. The van der Waals surface area contributed by atoms with E-state index in [1.54, 1.807) is 6.08 Å². The van der Waals surface area contributed by atoms with E-state index in [1.807, 2.05) is 6.08 Å². The zero-order valence-corrected chi connectivity index (χ0v) is 17.7. The van der Waals surface area contributed by atoms with Crippen LogP contribution < -0.4 is 0 Å². The molecule has 2 aromatic rings. The summed E-state index contributed by atoms with van der Waals surface area (Å²) in [5, 5.41) is -0.675. The van der Waals surface area contributed by atoms with Gasteiger partial charge in [-0.15, -0.1) is 0 Å². The predicted molar refractivity (Wildman–Crippen MR) is 112 cm³/mol. The van der Waals surface area contributed by atoms with E-state index in [-0.39, 0.29) is 17.6 Å². The summed E-state index contributed by atoms with van der Waals surface area (Å²) in [6, 6.07) is 3.28. The first-order chi connectivity index (χ1) is 15.7. The Hall–Kier alpha value is -2.50. The average Bonchev–Trinajstić information content (AvgIpc) is 2.77. The molecule has 0 amide bonds. The van der Waals surface area contributed by atoms with E-state index >= 15 is 0 Å². The first kappa shape index (κ1) is 23.7. The lowest BCUT2D eigenvalue weighted by molar-refractivity contribution is -0.210. The molecule has 1 saturated heterocycles. The molecule has 2 nitrogen and oxygen atoms in total. The zero-order chi connectivity index (χ0) is 23.6. The fourth-order valence-corrected chi connectivity index (χ4v) is 4.41. The standard InChI is InChI=1S/C25H22F6O2/c26-20-14-18-12-16(13-21(27)22(18)23(28)19(20)8-9-25(29,30)31)3-2-15-4-6-17(7-5-15)24-32-10-1-11-33-24/h2-3,12-15,17,24H,1,4-7,10-11H2/b3-2+. The highest BCUT2D eigenvalue weighted by molar-refractivity contribution is 5.87. The second kappa shape index (κ2) is 9.78. The first-order valence-corrected chi connectivity index (χ1v) is 10.8. The van der Waals surface area contributed by atoms with Gasteiger partial charge in [-0.3, -0.25) is 0 Å². The van der Waals surface area contributed by atoms with Crippen LogP contribution in [0.3, 0.4) is 0 Å². The summed E-state index contributed by atoms with van der Waals surface area (Å²) < 4.78 is 91.7. The predicted octanol–water partition coefficient (Wildman–Crippen LogP) is 6.75. The molecule has 1 saturated carbocycles. The Kier molecular flexibility index (Phi) is 7.01. The van der Waals surface area contributed by atoms with Gasteiger partial charge < -0.3 is 9.47 Å². The summed E-state index contributed by atoms with van der Waals surface area (Å²) in [5.74, 6) is -0.836. The van der Waals surface area contributed by atoms with E-state index < -0.39 is 34.6 Å². The van der Waals surface area contributed by atoms with Gasteiger partial charge in [0.05, 0.1) is 24.2 Å². The summed E-state index contributed by atoms with van der Waals surface area (Å²) in [7, 11) is 0. The molecule has 2 fully saturated rings. The third-order valence-corrected chi connectivity index (χ3v) is 6.05. The smallest absolute Gasteiger partial charge is 0.352 e. The van der Waals surface area contributed by atoms with E-state index in [9.17, 15) is 26.3 Å². The lowest BCUT2D eigenvalue weighted by atomic mass is 9.81. The molecule has 0 bridgehead atoms. The highest BCUT2D eigenvalue weighted by atomic mass is 19.4. The highest BCUT2D eigenvalue weighted by Crippen LogP contribution is 2.35. The van der Waals surface area contributed by atoms with Crippen LogP contribution in [0, 0.1) is 41.1 Å². The van der Waals surface area contributed by atoms with Crippen molar-refractivity contribution in [3.8, 4) is 11.8 Å². The van der Waals surface area contributed by atoms with Crippen molar-refractivity contribution >= 4 is 16.8 Å². The SMILES string of the molecule is Fc1cc2cc(/C=C/C3CCC(C4OCCCO4)CC3)cc(F)c2c(F)c1C#CC(F)(F)F. The van der Waals surface area contributed by atoms with Gasteiger partial charge in [-0.2, -0.15) is 13.2 Å². The molecule has 0 aromatic heterocycles. The van der Waals surface area contributed by atoms with Crippen molar-refractivity contribution in [2.75, 3.05) is 13.2 Å². The van der Waals surface area contributed by atoms with Crippen molar-refractivity contribution in [3.63, 3.8) is 0 Å². The van der Waals surface area contributed by atoms with Crippen molar-refractivity contribution in [1.29, 1.82) is 0 Å². The van der Waals surface area contributed by atoms with Crippen LogP contribution in [0.15, 0.2) is 24.3 Å². The average molecular weight is 468 g/mol. The number of benzene rings is 2. The van der Waals surface area contributed by atoms with Gasteiger partial charge in [-0.05, 0) is 67.2 Å². The van der Waals surface area contributed by atoms with Gasteiger partial charge in [-0.25, -0.2) is 13.2 Å². The van der Waals surface area contributed by atoms with Crippen LogP contribution in [0.1, 0.15) is 43.2 Å². The quantitative estimate of drug-likeness (QED) is 0.366. The number of hydrogen-bond donors (Lipinski definition) is 0. The molecule has 1 aliphatic carbocycles. The number of halogens is 6. The van der Waals surface area contributed by atoms with E-state index in [0.29, 0.717) is 11.5 Å². The fraction of sp³-hybridized carbons (Fsp3) is 0.440. The van der Waals surface area contributed by atoms with Gasteiger partial charge in [0.25, 0.3) is 0 Å². The monoisotopic (exact) mass is 468 g/mol. The highest BCUT2D eigenvalue weighted by Gasteiger charge is 2.29. The van der Waals surface area contributed by atoms with E-state index in [0.717, 1.165) is 63.4 Å². The molecule has 0 radical (unpaired) electrons. The molecule has 0 spiro atoms. The molecule has 0 atom stereocenters. The minimum atomic E-state index is -4.92. The van der Waals surface area contributed by atoms with Gasteiger partial charge in [-0.1, -0.05) is 18.1 Å². The number of hydrogen-bond acceptors (Lipinski definition) is 2. The van der Waals surface area contributed by atoms with Gasteiger partial charge >= 0.3 is 6.18 Å². The Balaban J connectivity index is 1.50. The first-order valence-electron chi connectivity index (χ1n) is 10.8.